The molecule has 66 heavy (non-hydrogen) atoms. The van der Waals surface area contributed by atoms with Crippen molar-refractivity contribution in [2.75, 3.05) is 9.80 Å². The number of aromatic nitrogens is 2. The van der Waals surface area contributed by atoms with Crippen molar-refractivity contribution in [1.29, 1.82) is 0 Å². The van der Waals surface area contributed by atoms with E-state index in [9.17, 15) is 0 Å². The van der Waals surface area contributed by atoms with Crippen molar-refractivity contribution in [1.82, 2.24) is 9.13 Å². The minimum atomic E-state index is 1.14. The van der Waals surface area contributed by atoms with Crippen LogP contribution in [-0.2, 0) is 14.1 Å². The van der Waals surface area contributed by atoms with Crippen LogP contribution < -0.4 is 9.80 Å². The average Bonchev–Trinajstić information content (AvgIpc) is 4.07. The maximum absolute atomic E-state index is 2.42. The van der Waals surface area contributed by atoms with Gasteiger partial charge in [-0.15, -0.1) is 22.7 Å². The monoisotopic (exact) mass is 880 g/mol. The van der Waals surface area contributed by atoms with Crippen molar-refractivity contribution in [3.05, 3.63) is 206 Å². The Morgan fingerprint density at radius 3 is 1.09 bits per heavy atom. The van der Waals surface area contributed by atoms with Crippen LogP contribution in [0.5, 0.6) is 0 Å². The summed E-state index contributed by atoms with van der Waals surface area (Å²) in [5.74, 6) is 0. The molecule has 0 bridgehead atoms. The Hall–Kier alpha value is -7.90. The third kappa shape index (κ3) is 5.62. The molecule has 4 aromatic heterocycles. The van der Waals surface area contributed by atoms with Crippen LogP contribution in [0.15, 0.2) is 206 Å². The van der Waals surface area contributed by atoms with Crippen molar-refractivity contribution < 1.29 is 0 Å². The smallest absolute Gasteiger partial charge is 0.0490 e. The van der Waals surface area contributed by atoms with Crippen LogP contribution in [0, 0.1) is 0 Å². The van der Waals surface area contributed by atoms with Gasteiger partial charge in [0.1, 0.15) is 0 Å². The molecule has 0 atom stereocenters. The summed E-state index contributed by atoms with van der Waals surface area (Å²) in [6, 6.07) is 76.4. The van der Waals surface area contributed by atoms with E-state index < -0.39 is 0 Å². The number of hydrogen-bond donors (Lipinski definition) is 0. The summed E-state index contributed by atoms with van der Waals surface area (Å²) in [6.07, 6.45) is 0. The Bertz CT molecular complexity index is 3990. The minimum Gasteiger partial charge on any atom is -0.344 e. The van der Waals surface area contributed by atoms with E-state index in [2.05, 4.69) is 239 Å². The number of benzene rings is 10. The van der Waals surface area contributed by atoms with Gasteiger partial charge >= 0.3 is 0 Å². The Labute approximate surface area is 388 Å². The molecule has 6 heteroatoms. The standard InChI is InChI=1S/C60H40N4S2/c1-61-53-19-11-9-17-45(53)49-33-41(23-27-55(49)61)63(39-13-5-3-6-14-39)43-21-25-47-51-29-37-32-58-52(30-38(37)31-57(51)65-59(47)35-43)48-26-22-44(36-60(48)66-58)64(40-15-7-4-8-16-40)42-24-28-56-50(34-42)46-18-10-12-20-54(46)62(56)2/h3-36H,1-2H3. The lowest BCUT2D eigenvalue weighted by Gasteiger charge is -2.25. The Morgan fingerprint density at radius 1 is 0.273 bits per heavy atom. The molecule has 0 radical (unpaired) electrons. The predicted molar refractivity (Wildman–Crippen MR) is 287 cm³/mol. The number of nitrogens with zero attached hydrogens (tertiary/aromatic N) is 4. The molecular weight excluding hydrogens is 841 g/mol. The summed E-state index contributed by atoms with van der Waals surface area (Å²) in [6.45, 7) is 0. The first-order valence-corrected chi connectivity index (χ1v) is 24.1. The van der Waals surface area contributed by atoms with Crippen LogP contribution >= 0.6 is 22.7 Å². The first-order valence-electron chi connectivity index (χ1n) is 22.4. The van der Waals surface area contributed by atoms with Crippen molar-refractivity contribution in [3.63, 3.8) is 0 Å². The molecule has 0 saturated carbocycles. The summed E-state index contributed by atoms with van der Waals surface area (Å²) in [5, 5.41) is 12.8. The van der Waals surface area contributed by atoms with Crippen LogP contribution in [0.25, 0.3) is 94.7 Å². The fourth-order valence-electron chi connectivity index (χ4n) is 10.7. The Morgan fingerprint density at radius 2 is 0.636 bits per heavy atom. The van der Waals surface area contributed by atoms with E-state index in [0.29, 0.717) is 0 Å². The summed E-state index contributed by atoms with van der Waals surface area (Å²) in [4.78, 5) is 4.80. The molecule has 312 valence electrons. The second-order valence-electron chi connectivity index (χ2n) is 17.5. The van der Waals surface area contributed by atoms with Crippen LogP contribution in [0.4, 0.5) is 34.1 Å². The molecule has 14 rings (SSSR count). The molecule has 4 heterocycles. The van der Waals surface area contributed by atoms with Gasteiger partial charge in [-0.05, 0) is 132 Å². The number of thiophene rings is 2. The molecule has 0 fully saturated rings. The number of anilines is 6. The molecule has 0 amide bonds. The van der Waals surface area contributed by atoms with Gasteiger partial charge < -0.3 is 18.9 Å². The van der Waals surface area contributed by atoms with Crippen LogP contribution in [0.3, 0.4) is 0 Å². The molecular formula is C60H40N4S2. The molecule has 0 unspecified atom stereocenters. The molecule has 10 aromatic carbocycles. The zero-order valence-electron chi connectivity index (χ0n) is 36.2. The van der Waals surface area contributed by atoms with Gasteiger partial charge in [-0.25, -0.2) is 0 Å². The molecule has 4 nitrogen and oxygen atoms in total. The van der Waals surface area contributed by atoms with Gasteiger partial charge in [0.05, 0.1) is 0 Å². The molecule has 0 N–H and O–H groups in total. The largest absolute Gasteiger partial charge is 0.344 e. The molecule has 0 aliphatic rings. The molecule has 14 aromatic rings. The first kappa shape index (κ1) is 37.5. The van der Waals surface area contributed by atoms with Crippen molar-refractivity contribution >= 4 is 152 Å². The summed E-state index contributed by atoms with van der Waals surface area (Å²) >= 11 is 3.77. The van der Waals surface area contributed by atoms with Gasteiger partial charge in [-0.2, -0.15) is 0 Å². The normalized spacial score (nSPS) is 12.1. The highest BCUT2D eigenvalue weighted by molar-refractivity contribution is 7.26. The summed E-state index contributed by atoms with van der Waals surface area (Å²) in [5.41, 5.74) is 11.8. The van der Waals surface area contributed by atoms with Crippen LogP contribution in [0.2, 0.25) is 0 Å². The van der Waals surface area contributed by atoms with Crippen LogP contribution in [-0.4, -0.2) is 9.13 Å². The molecule has 0 saturated heterocycles. The van der Waals surface area contributed by atoms with Gasteiger partial charge in [0.2, 0.25) is 0 Å². The SMILES string of the molecule is Cn1c2ccccc2c2cc(N(c3ccccc3)c3ccc4c(c3)sc3cc5cc6c(cc5cc34)sc3cc(N(c4ccccc4)c4ccc5c(c4)c4ccccc4n5C)ccc36)ccc21. The molecule has 0 aliphatic heterocycles. The highest BCUT2D eigenvalue weighted by atomic mass is 32.1. The van der Waals surface area contributed by atoms with E-state index in [1.165, 1.54) is 94.7 Å². The summed E-state index contributed by atoms with van der Waals surface area (Å²) in [7, 11) is 4.32. The van der Waals surface area contributed by atoms with E-state index in [0.717, 1.165) is 34.1 Å². The van der Waals surface area contributed by atoms with E-state index in [1.807, 2.05) is 22.7 Å². The number of hydrogen-bond acceptors (Lipinski definition) is 4. The van der Waals surface area contributed by atoms with E-state index >= 15 is 0 Å². The lowest BCUT2D eigenvalue weighted by Crippen LogP contribution is -2.09. The third-order valence-electron chi connectivity index (χ3n) is 13.8. The number of fused-ring (bicyclic) bond motifs is 13. The van der Waals surface area contributed by atoms with Gasteiger partial charge in [-0.1, -0.05) is 84.9 Å². The number of aryl methyl sites for hydroxylation is 2. The predicted octanol–water partition coefficient (Wildman–Crippen LogP) is 17.8. The minimum absolute atomic E-state index is 1.14. The zero-order chi connectivity index (χ0) is 43.6. The Balaban J connectivity index is 0.865. The maximum atomic E-state index is 2.42. The lowest BCUT2D eigenvalue weighted by atomic mass is 10.0. The molecule has 0 aliphatic carbocycles. The fraction of sp³-hybridized carbons (Fsp3) is 0.0333. The average molecular weight is 881 g/mol. The quantitative estimate of drug-likeness (QED) is 0.165. The highest BCUT2D eigenvalue weighted by Crippen LogP contribution is 2.46. The van der Waals surface area contributed by atoms with Gasteiger partial charge in [0, 0.05) is 132 Å². The van der Waals surface area contributed by atoms with E-state index in [1.54, 1.807) is 0 Å². The lowest BCUT2D eigenvalue weighted by molar-refractivity contribution is 1.01. The second kappa shape index (κ2) is 14.3. The third-order valence-corrected chi connectivity index (χ3v) is 16.1. The van der Waals surface area contributed by atoms with Gasteiger partial charge in [0.15, 0.2) is 0 Å². The maximum Gasteiger partial charge on any atom is 0.0490 e. The highest BCUT2D eigenvalue weighted by Gasteiger charge is 2.20. The Kier molecular flexibility index (Phi) is 8.12. The van der Waals surface area contributed by atoms with Gasteiger partial charge in [-0.3, -0.25) is 0 Å². The molecule has 0 spiro atoms. The second-order valence-corrected chi connectivity index (χ2v) is 19.7. The first-order chi connectivity index (χ1) is 32.5. The van der Waals surface area contributed by atoms with Gasteiger partial charge in [0.25, 0.3) is 0 Å². The van der Waals surface area contributed by atoms with Crippen molar-refractivity contribution in [2.45, 2.75) is 0 Å². The van der Waals surface area contributed by atoms with Crippen molar-refractivity contribution in [3.8, 4) is 0 Å². The van der Waals surface area contributed by atoms with E-state index in [4.69, 9.17) is 0 Å². The van der Waals surface area contributed by atoms with Crippen molar-refractivity contribution in [2.24, 2.45) is 14.1 Å². The van der Waals surface area contributed by atoms with Crippen LogP contribution in [0.1, 0.15) is 0 Å². The zero-order valence-corrected chi connectivity index (χ0v) is 37.9. The topological polar surface area (TPSA) is 16.3 Å². The number of rotatable bonds is 6. The fourth-order valence-corrected chi connectivity index (χ4v) is 13.0. The summed E-state index contributed by atoms with van der Waals surface area (Å²) < 4.78 is 9.78. The number of para-hydroxylation sites is 4. The van der Waals surface area contributed by atoms with E-state index in [-0.39, 0.29) is 0 Å².